The minimum atomic E-state index is -0.840. The maximum absolute atomic E-state index is 15.2. The Bertz CT molecular complexity index is 1190. The van der Waals surface area contributed by atoms with Crippen LogP contribution in [0.2, 0.25) is 0 Å². The lowest BCUT2D eigenvalue weighted by atomic mass is 9.42. The van der Waals surface area contributed by atoms with Gasteiger partial charge in [0, 0.05) is 29.2 Å². The minimum absolute atomic E-state index is 0.0982. The number of hydrogen-bond acceptors (Lipinski definition) is 2. The average molecular weight is 581 g/mol. The van der Waals surface area contributed by atoms with Gasteiger partial charge in [-0.3, -0.25) is 9.59 Å². The van der Waals surface area contributed by atoms with Crippen molar-refractivity contribution in [1.29, 1.82) is 0 Å². The standard InChI is InChI=1S/C41H56O2/c1-7-8-9-10-11-12-13-14-24-31-38(43)41(39(3,4)35-27-20-16-21-28-35,40(5,6)36-29-22-17-23-30-36)33(2)32-37(42)34-25-18-15-19-26-34/h15-23,25-30,33H,7-14,24,31-32H2,1-6H3. The summed E-state index contributed by atoms with van der Waals surface area (Å²) in [7, 11) is 0. The van der Waals surface area contributed by atoms with Crippen LogP contribution >= 0.6 is 0 Å². The molecule has 0 N–H and O–H groups in total. The predicted molar refractivity (Wildman–Crippen MR) is 183 cm³/mol. The highest BCUT2D eigenvalue weighted by Gasteiger charge is 2.62. The van der Waals surface area contributed by atoms with Crippen LogP contribution in [-0.2, 0) is 15.6 Å². The Kier molecular flexibility index (Phi) is 13.0. The molecule has 0 heterocycles. The SMILES string of the molecule is CCCCCCCCCCCC(=O)C(C(C)CC(=O)c1ccccc1)(C(C)(C)c1ccccc1)C(C)(C)c1ccccc1. The molecule has 0 saturated carbocycles. The Balaban J connectivity index is 2.03. The second kappa shape index (κ2) is 16.2. The zero-order chi connectivity index (χ0) is 31.3. The van der Waals surface area contributed by atoms with E-state index in [1.807, 2.05) is 42.5 Å². The molecule has 0 bridgehead atoms. The number of carbonyl (C=O) groups excluding carboxylic acids is 2. The molecule has 0 aromatic heterocycles. The summed E-state index contributed by atoms with van der Waals surface area (Å²) >= 11 is 0. The first-order valence-corrected chi connectivity index (χ1v) is 16.8. The molecule has 0 saturated heterocycles. The van der Waals surface area contributed by atoms with Gasteiger partial charge in [-0.2, -0.15) is 0 Å². The predicted octanol–water partition coefficient (Wildman–Crippen LogP) is 11.3. The van der Waals surface area contributed by atoms with Gasteiger partial charge in [0.15, 0.2) is 5.78 Å². The lowest BCUT2D eigenvalue weighted by Crippen LogP contribution is -2.62. The van der Waals surface area contributed by atoms with E-state index in [9.17, 15) is 4.79 Å². The first kappa shape index (κ1) is 34.5. The molecule has 0 aliphatic heterocycles. The van der Waals surface area contributed by atoms with Gasteiger partial charge in [0.2, 0.25) is 0 Å². The number of rotatable bonds is 19. The molecule has 2 heteroatoms. The summed E-state index contributed by atoms with van der Waals surface area (Å²) < 4.78 is 0. The lowest BCUT2D eigenvalue weighted by molar-refractivity contribution is -0.144. The van der Waals surface area contributed by atoms with Gasteiger partial charge in [0.25, 0.3) is 0 Å². The van der Waals surface area contributed by atoms with Crippen molar-refractivity contribution in [2.45, 2.75) is 123 Å². The zero-order valence-corrected chi connectivity index (χ0v) is 27.8. The third kappa shape index (κ3) is 7.94. The minimum Gasteiger partial charge on any atom is -0.299 e. The van der Waals surface area contributed by atoms with Crippen molar-refractivity contribution >= 4 is 11.6 Å². The molecule has 43 heavy (non-hydrogen) atoms. The van der Waals surface area contributed by atoms with Gasteiger partial charge < -0.3 is 0 Å². The number of ketones is 2. The van der Waals surface area contributed by atoms with Crippen molar-refractivity contribution in [1.82, 2.24) is 0 Å². The Morgan fingerprint density at radius 1 is 0.581 bits per heavy atom. The molecule has 3 aromatic rings. The molecule has 2 nitrogen and oxygen atoms in total. The summed E-state index contributed by atoms with van der Waals surface area (Å²) in [6.07, 6.45) is 11.8. The van der Waals surface area contributed by atoms with Crippen LogP contribution in [0.3, 0.4) is 0 Å². The highest BCUT2D eigenvalue weighted by molar-refractivity contribution is 5.97. The van der Waals surface area contributed by atoms with Gasteiger partial charge in [-0.15, -0.1) is 0 Å². The van der Waals surface area contributed by atoms with Crippen LogP contribution in [0.5, 0.6) is 0 Å². The molecule has 0 fully saturated rings. The number of hydrogen-bond donors (Lipinski definition) is 0. The van der Waals surface area contributed by atoms with Crippen LogP contribution in [0.4, 0.5) is 0 Å². The maximum atomic E-state index is 15.2. The van der Waals surface area contributed by atoms with E-state index in [0.29, 0.717) is 18.4 Å². The fourth-order valence-electron chi connectivity index (χ4n) is 8.12. The first-order chi connectivity index (χ1) is 20.6. The Morgan fingerprint density at radius 3 is 1.42 bits per heavy atom. The van der Waals surface area contributed by atoms with Gasteiger partial charge in [0.1, 0.15) is 5.78 Å². The van der Waals surface area contributed by atoms with Gasteiger partial charge in [-0.05, 0) is 23.5 Å². The quantitative estimate of drug-likeness (QED) is 0.104. The zero-order valence-electron chi connectivity index (χ0n) is 27.8. The second-order valence-corrected chi connectivity index (χ2v) is 13.7. The fourth-order valence-corrected chi connectivity index (χ4v) is 8.12. The third-order valence-electron chi connectivity index (χ3n) is 10.2. The largest absolute Gasteiger partial charge is 0.299 e. The topological polar surface area (TPSA) is 34.1 Å². The van der Waals surface area contributed by atoms with Crippen molar-refractivity contribution in [3.63, 3.8) is 0 Å². The van der Waals surface area contributed by atoms with E-state index in [1.165, 1.54) is 44.9 Å². The van der Waals surface area contributed by atoms with Crippen molar-refractivity contribution in [3.8, 4) is 0 Å². The van der Waals surface area contributed by atoms with Gasteiger partial charge >= 0.3 is 0 Å². The van der Waals surface area contributed by atoms with E-state index in [1.54, 1.807) is 0 Å². The first-order valence-electron chi connectivity index (χ1n) is 16.8. The molecule has 3 rings (SSSR count). The summed E-state index contributed by atoms with van der Waals surface area (Å²) in [5, 5.41) is 0. The summed E-state index contributed by atoms with van der Waals surface area (Å²) in [5.74, 6) is 0.185. The number of unbranched alkanes of at least 4 members (excludes halogenated alkanes) is 8. The number of benzene rings is 3. The van der Waals surface area contributed by atoms with E-state index < -0.39 is 16.2 Å². The van der Waals surface area contributed by atoms with Crippen molar-refractivity contribution in [2.24, 2.45) is 11.3 Å². The summed E-state index contributed by atoms with van der Waals surface area (Å²) in [6, 6.07) is 30.6. The van der Waals surface area contributed by atoms with E-state index >= 15 is 4.79 Å². The molecule has 1 unspecified atom stereocenters. The lowest BCUT2D eigenvalue weighted by Gasteiger charge is -2.59. The molecule has 0 spiro atoms. The Morgan fingerprint density at radius 2 is 0.977 bits per heavy atom. The third-order valence-corrected chi connectivity index (χ3v) is 10.2. The molecular formula is C41H56O2. The van der Waals surface area contributed by atoms with Gasteiger partial charge in [-0.1, -0.05) is 184 Å². The van der Waals surface area contributed by atoms with Crippen molar-refractivity contribution in [2.75, 3.05) is 0 Å². The maximum Gasteiger partial charge on any atom is 0.163 e. The van der Waals surface area contributed by atoms with E-state index in [4.69, 9.17) is 0 Å². The van der Waals surface area contributed by atoms with E-state index in [0.717, 1.165) is 24.0 Å². The number of Topliss-reactive ketones (excluding diaryl/α,β-unsaturated/α-hetero) is 2. The van der Waals surface area contributed by atoms with E-state index in [-0.39, 0.29) is 17.5 Å². The molecule has 3 aromatic carbocycles. The van der Waals surface area contributed by atoms with Crippen LogP contribution < -0.4 is 0 Å². The Labute approximate surface area is 262 Å². The van der Waals surface area contributed by atoms with Crippen LogP contribution in [0.1, 0.15) is 134 Å². The van der Waals surface area contributed by atoms with Gasteiger partial charge in [-0.25, -0.2) is 0 Å². The molecule has 0 radical (unpaired) electrons. The molecule has 232 valence electrons. The molecule has 0 aliphatic rings. The van der Waals surface area contributed by atoms with Crippen LogP contribution in [-0.4, -0.2) is 11.6 Å². The van der Waals surface area contributed by atoms with Crippen molar-refractivity contribution < 1.29 is 9.59 Å². The van der Waals surface area contributed by atoms with Crippen LogP contribution in [0.25, 0.3) is 0 Å². The second-order valence-electron chi connectivity index (χ2n) is 13.7. The highest BCUT2D eigenvalue weighted by Crippen LogP contribution is 2.60. The summed E-state index contributed by atoms with van der Waals surface area (Å²) in [5.41, 5.74) is 1.06. The fraction of sp³-hybridized carbons (Fsp3) is 0.512. The molecule has 0 aliphatic carbocycles. The summed E-state index contributed by atoms with van der Waals surface area (Å²) in [6.45, 7) is 13.4. The normalized spacial score (nSPS) is 13.1. The molecule has 1 atom stereocenters. The average Bonchev–Trinajstić information content (AvgIpc) is 3.01. The Hall–Kier alpha value is -3.00. The smallest absolute Gasteiger partial charge is 0.163 e. The highest BCUT2D eigenvalue weighted by atomic mass is 16.1. The van der Waals surface area contributed by atoms with E-state index in [2.05, 4.69) is 90.1 Å². The summed E-state index contributed by atoms with van der Waals surface area (Å²) in [4.78, 5) is 28.9. The van der Waals surface area contributed by atoms with Gasteiger partial charge in [0.05, 0.1) is 5.41 Å². The monoisotopic (exact) mass is 580 g/mol. The number of carbonyl (C=O) groups is 2. The van der Waals surface area contributed by atoms with Crippen molar-refractivity contribution in [3.05, 3.63) is 108 Å². The molecule has 0 amide bonds. The molecular weight excluding hydrogens is 524 g/mol. The van der Waals surface area contributed by atoms with Crippen LogP contribution in [0, 0.1) is 11.3 Å². The van der Waals surface area contributed by atoms with Crippen LogP contribution in [0.15, 0.2) is 91.0 Å².